The van der Waals surface area contributed by atoms with Crippen LogP contribution in [0.25, 0.3) is 0 Å². The zero-order chi connectivity index (χ0) is 15.2. The van der Waals surface area contributed by atoms with Crippen LogP contribution < -0.4 is 10.6 Å². The normalized spacial score (nSPS) is 24.9. The third-order valence-electron chi connectivity index (χ3n) is 3.53. The zero-order valence-electron chi connectivity index (χ0n) is 14.3. The highest BCUT2D eigenvalue weighted by molar-refractivity contribution is 5.80. The van der Waals surface area contributed by atoms with Crippen molar-refractivity contribution in [3.05, 3.63) is 0 Å². The molecule has 2 N–H and O–H groups in total. The van der Waals surface area contributed by atoms with Gasteiger partial charge in [0.05, 0.1) is 6.54 Å². The maximum atomic E-state index is 4.78. The molecule has 0 aromatic heterocycles. The van der Waals surface area contributed by atoms with Gasteiger partial charge in [-0.05, 0) is 46.0 Å². The molecular weight excluding hydrogens is 248 g/mol. The van der Waals surface area contributed by atoms with Gasteiger partial charge in [0.15, 0.2) is 5.96 Å². The van der Waals surface area contributed by atoms with E-state index in [0.29, 0.717) is 0 Å². The van der Waals surface area contributed by atoms with Crippen molar-refractivity contribution in [2.75, 3.05) is 32.7 Å². The first kappa shape index (κ1) is 17.3. The van der Waals surface area contributed by atoms with Crippen molar-refractivity contribution < 1.29 is 0 Å². The van der Waals surface area contributed by atoms with E-state index in [1.54, 1.807) is 0 Å². The number of likely N-dealkylation sites (tertiary alicyclic amines) is 1. The minimum absolute atomic E-state index is 0.169. The molecule has 0 spiro atoms. The summed E-state index contributed by atoms with van der Waals surface area (Å²) >= 11 is 0. The lowest BCUT2D eigenvalue weighted by Gasteiger charge is -2.37. The van der Waals surface area contributed by atoms with E-state index >= 15 is 0 Å². The summed E-state index contributed by atoms with van der Waals surface area (Å²) in [6.45, 7) is 18.3. The lowest BCUT2D eigenvalue weighted by molar-refractivity contribution is 0.208. The van der Waals surface area contributed by atoms with E-state index in [2.05, 4.69) is 57.1 Å². The molecule has 1 aliphatic rings. The van der Waals surface area contributed by atoms with E-state index in [9.17, 15) is 0 Å². The fourth-order valence-corrected chi connectivity index (χ4v) is 2.85. The van der Waals surface area contributed by atoms with E-state index < -0.39 is 0 Å². The molecule has 0 amide bonds. The molecular formula is C16H34N4. The topological polar surface area (TPSA) is 39.7 Å². The van der Waals surface area contributed by atoms with Crippen molar-refractivity contribution >= 4 is 5.96 Å². The third kappa shape index (κ3) is 6.60. The molecule has 1 rings (SSSR count). The van der Waals surface area contributed by atoms with Gasteiger partial charge in [0.1, 0.15) is 0 Å². The van der Waals surface area contributed by atoms with E-state index in [1.165, 1.54) is 6.42 Å². The molecule has 1 saturated heterocycles. The average molecular weight is 282 g/mol. The van der Waals surface area contributed by atoms with Gasteiger partial charge in [-0.1, -0.05) is 13.8 Å². The Morgan fingerprint density at radius 1 is 1.20 bits per heavy atom. The number of rotatable bonds is 4. The summed E-state index contributed by atoms with van der Waals surface area (Å²) in [6.07, 6.45) is 1.33. The number of hydrogen-bond acceptors (Lipinski definition) is 2. The predicted molar refractivity (Wildman–Crippen MR) is 88.3 cm³/mol. The minimum atomic E-state index is 0.169. The molecule has 0 aromatic rings. The van der Waals surface area contributed by atoms with Gasteiger partial charge in [-0.3, -0.25) is 4.99 Å². The van der Waals surface area contributed by atoms with Crippen LogP contribution in [-0.2, 0) is 0 Å². The number of guanidine groups is 1. The van der Waals surface area contributed by atoms with Crippen LogP contribution >= 0.6 is 0 Å². The highest BCUT2D eigenvalue weighted by atomic mass is 15.3. The summed E-state index contributed by atoms with van der Waals surface area (Å²) in [6, 6.07) is 0. The Labute approximate surface area is 125 Å². The monoisotopic (exact) mass is 282 g/mol. The Bertz CT molecular complexity index is 296. The highest BCUT2D eigenvalue weighted by Gasteiger charge is 2.23. The number of hydrogen-bond donors (Lipinski definition) is 2. The summed E-state index contributed by atoms with van der Waals surface area (Å²) in [7, 11) is 0. The quantitative estimate of drug-likeness (QED) is 0.472. The van der Waals surface area contributed by atoms with Crippen molar-refractivity contribution in [2.45, 2.75) is 53.5 Å². The Kier molecular flexibility index (Phi) is 6.80. The molecule has 0 radical (unpaired) electrons. The highest BCUT2D eigenvalue weighted by Crippen LogP contribution is 2.20. The molecule has 20 heavy (non-hydrogen) atoms. The number of nitrogens with zero attached hydrogens (tertiary/aromatic N) is 2. The number of piperidine rings is 1. The first-order valence-electron chi connectivity index (χ1n) is 8.10. The smallest absolute Gasteiger partial charge is 0.193 e. The predicted octanol–water partition coefficient (Wildman–Crippen LogP) is 2.32. The van der Waals surface area contributed by atoms with Crippen molar-refractivity contribution in [3.63, 3.8) is 0 Å². The SMILES string of the molecule is CCNC(=NCCNC(C)(C)C)N1CC(C)CC(C)C1. The second-order valence-electron chi connectivity index (χ2n) is 7.26. The van der Waals surface area contributed by atoms with Gasteiger partial charge in [0, 0.05) is 31.7 Å². The summed E-state index contributed by atoms with van der Waals surface area (Å²) in [5, 5.41) is 6.93. The molecule has 1 aliphatic heterocycles. The minimum Gasteiger partial charge on any atom is -0.357 e. The Balaban J connectivity index is 2.53. The molecule has 0 aliphatic carbocycles. The molecule has 2 atom stereocenters. The maximum absolute atomic E-state index is 4.78. The van der Waals surface area contributed by atoms with Crippen LogP contribution in [-0.4, -0.2) is 49.1 Å². The second-order valence-corrected chi connectivity index (χ2v) is 7.26. The van der Waals surface area contributed by atoms with E-state index in [-0.39, 0.29) is 5.54 Å². The van der Waals surface area contributed by atoms with Crippen molar-refractivity contribution in [3.8, 4) is 0 Å². The average Bonchev–Trinajstić information content (AvgIpc) is 2.30. The molecule has 4 heteroatoms. The summed E-state index contributed by atoms with van der Waals surface area (Å²) in [4.78, 5) is 7.21. The van der Waals surface area contributed by atoms with Crippen LogP contribution in [0.2, 0.25) is 0 Å². The van der Waals surface area contributed by atoms with Crippen molar-refractivity contribution in [2.24, 2.45) is 16.8 Å². The van der Waals surface area contributed by atoms with E-state index in [1.807, 2.05) is 0 Å². The van der Waals surface area contributed by atoms with Crippen LogP contribution in [0.5, 0.6) is 0 Å². The zero-order valence-corrected chi connectivity index (χ0v) is 14.3. The summed E-state index contributed by atoms with van der Waals surface area (Å²) in [5.74, 6) is 2.60. The van der Waals surface area contributed by atoms with Crippen LogP contribution in [0.1, 0.15) is 48.0 Å². The van der Waals surface area contributed by atoms with Crippen LogP contribution in [0.4, 0.5) is 0 Å². The molecule has 0 bridgehead atoms. The molecule has 1 fully saturated rings. The van der Waals surface area contributed by atoms with Gasteiger partial charge >= 0.3 is 0 Å². The second kappa shape index (κ2) is 7.87. The fraction of sp³-hybridized carbons (Fsp3) is 0.938. The van der Waals surface area contributed by atoms with Gasteiger partial charge in [0.25, 0.3) is 0 Å². The molecule has 2 unspecified atom stereocenters. The third-order valence-corrected chi connectivity index (χ3v) is 3.53. The maximum Gasteiger partial charge on any atom is 0.193 e. The molecule has 1 heterocycles. The lowest BCUT2D eigenvalue weighted by Crippen LogP contribution is -2.48. The van der Waals surface area contributed by atoms with E-state index in [4.69, 9.17) is 4.99 Å². The van der Waals surface area contributed by atoms with Crippen LogP contribution in [0.3, 0.4) is 0 Å². The van der Waals surface area contributed by atoms with Gasteiger partial charge < -0.3 is 15.5 Å². The van der Waals surface area contributed by atoms with Crippen LogP contribution in [0.15, 0.2) is 4.99 Å². The first-order chi connectivity index (χ1) is 9.31. The Hall–Kier alpha value is -0.770. The Morgan fingerprint density at radius 3 is 2.30 bits per heavy atom. The summed E-state index contributed by atoms with van der Waals surface area (Å²) < 4.78 is 0. The van der Waals surface area contributed by atoms with Gasteiger partial charge in [-0.25, -0.2) is 0 Å². The largest absolute Gasteiger partial charge is 0.357 e. The van der Waals surface area contributed by atoms with Crippen LogP contribution in [0, 0.1) is 11.8 Å². The standard InChI is InChI=1S/C16H34N4/c1-7-17-15(18-8-9-19-16(4,5)6)20-11-13(2)10-14(3)12-20/h13-14,19H,7-12H2,1-6H3,(H,17,18). The number of aliphatic imine (C=N–C) groups is 1. The fourth-order valence-electron chi connectivity index (χ4n) is 2.85. The molecule has 0 aromatic carbocycles. The van der Waals surface area contributed by atoms with Gasteiger partial charge in [0.2, 0.25) is 0 Å². The van der Waals surface area contributed by atoms with Gasteiger partial charge in [-0.2, -0.15) is 0 Å². The Morgan fingerprint density at radius 2 is 1.80 bits per heavy atom. The molecule has 0 saturated carbocycles. The summed E-state index contributed by atoms with van der Waals surface area (Å²) in [5.41, 5.74) is 0.169. The van der Waals surface area contributed by atoms with Crippen molar-refractivity contribution in [1.82, 2.24) is 15.5 Å². The molecule has 4 nitrogen and oxygen atoms in total. The lowest BCUT2D eigenvalue weighted by atomic mass is 9.92. The van der Waals surface area contributed by atoms with Gasteiger partial charge in [-0.15, -0.1) is 0 Å². The van der Waals surface area contributed by atoms with Crippen molar-refractivity contribution in [1.29, 1.82) is 0 Å². The first-order valence-corrected chi connectivity index (χ1v) is 8.10. The molecule has 118 valence electrons. The van der Waals surface area contributed by atoms with E-state index in [0.717, 1.165) is 50.5 Å². The number of nitrogens with one attached hydrogen (secondary N) is 2.